The average molecular weight is 437 g/mol. The lowest BCUT2D eigenvalue weighted by molar-refractivity contribution is -0.154. The highest BCUT2D eigenvalue weighted by molar-refractivity contribution is 9.10. The number of fused-ring (bicyclic) bond motifs is 1. The summed E-state index contributed by atoms with van der Waals surface area (Å²) in [4.78, 5) is 49.7. The molecular formula is C19H21BrN2O5. The first-order valence-electron chi connectivity index (χ1n) is 8.93. The van der Waals surface area contributed by atoms with Crippen molar-refractivity contribution >= 4 is 45.3 Å². The number of hydrogen-bond acceptors (Lipinski definition) is 5. The molecule has 144 valence electrons. The number of likely N-dealkylation sites (tertiary alicyclic amines) is 1. The van der Waals surface area contributed by atoms with Crippen LogP contribution in [0.2, 0.25) is 0 Å². The highest BCUT2D eigenvalue weighted by atomic mass is 79.9. The third kappa shape index (κ3) is 4.37. The predicted octanol–water partition coefficient (Wildman–Crippen LogP) is 2.41. The Bertz CT molecular complexity index is 770. The van der Waals surface area contributed by atoms with Gasteiger partial charge in [-0.05, 0) is 43.5 Å². The molecule has 0 aromatic heterocycles. The number of nitrogens with zero attached hydrogens (tertiary/aromatic N) is 1. The van der Waals surface area contributed by atoms with Crippen LogP contribution in [-0.2, 0) is 23.9 Å². The summed E-state index contributed by atoms with van der Waals surface area (Å²) in [6.07, 6.45) is 3.23. The minimum Gasteiger partial charge on any atom is -0.454 e. The summed E-state index contributed by atoms with van der Waals surface area (Å²) in [5.41, 5.74) is 1.48. The van der Waals surface area contributed by atoms with Gasteiger partial charge >= 0.3 is 5.97 Å². The van der Waals surface area contributed by atoms with Crippen LogP contribution in [0.1, 0.15) is 31.2 Å². The van der Waals surface area contributed by atoms with E-state index >= 15 is 0 Å². The summed E-state index contributed by atoms with van der Waals surface area (Å²) in [5.74, 6) is -2.45. The van der Waals surface area contributed by atoms with Crippen LogP contribution in [0, 0.1) is 18.8 Å². The van der Waals surface area contributed by atoms with E-state index in [0.717, 1.165) is 27.8 Å². The van der Waals surface area contributed by atoms with E-state index in [-0.39, 0.29) is 23.7 Å². The summed E-state index contributed by atoms with van der Waals surface area (Å²) >= 11 is 3.34. The molecule has 1 aromatic rings. The Labute approximate surface area is 165 Å². The standard InChI is InChI=1S/C19H21BrN2O5/c1-11-8-12(20)6-7-15(11)21-16(23)10-27-17(24)9-22-18(25)13-4-2-3-5-14(13)19(22)26/h6-8,13-14H,2-5,9-10H2,1H3,(H,21,23). The summed E-state index contributed by atoms with van der Waals surface area (Å²) in [5, 5.41) is 2.66. The van der Waals surface area contributed by atoms with Crippen molar-refractivity contribution in [3.8, 4) is 0 Å². The molecule has 3 rings (SSSR count). The van der Waals surface area contributed by atoms with Gasteiger partial charge in [-0.25, -0.2) is 0 Å². The van der Waals surface area contributed by atoms with Gasteiger partial charge in [-0.15, -0.1) is 0 Å². The number of halogens is 1. The smallest absolute Gasteiger partial charge is 0.326 e. The molecule has 0 spiro atoms. The van der Waals surface area contributed by atoms with Gasteiger partial charge in [0.2, 0.25) is 11.8 Å². The van der Waals surface area contributed by atoms with Crippen molar-refractivity contribution in [2.45, 2.75) is 32.6 Å². The SMILES string of the molecule is Cc1cc(Br)ccc1NC(=O)COC(=O)CN1C(=O)C2CCCCC2C1=O. The number of rotatable bonds is 5. The van der Waals surface area contributed by atoms with Gasteiger partial charge in [0.25, 0.3) is 5.91 Å². The lowest BCUT2D eigenvalue weighted by atomic mass is 9.81. The molecule has 27 heavy (non-hydrogen) atoms. The third-order valence-corrected chi connectivity index (χ3v) is 5.54. The second-order valence-electron chi connectivity index (χ2n) is 6.93. The molecule has 1 aromatic carbocycles. The first-order chi connectivity index (χ1) is 12.9. The number of nitrogens with one attached hydrogen (secondary N) is 1. The molecule has 2 atom stereocenters. The highest BCUT2D eigenvalue weighted by Gasteiger charge is 2.48. The van der Waals surface area contributed by atoms with Crippen molar-refractivity contribution in [1.82, 2.24) is 4.90 Å². The number of amides is 3. The van der Waals surface area contributed by atoms with Crippen LogP contribution in [0.25, 0.3) is 0 Å². The number of benzene rings is 1. The zero-order valence-electron chi connectivity index (χ0n) is 15.0. The van der Waals surface area contributed by atoms with Crippen LogP contribution in [0.5, 0.6) is 0 Å². The van der Waals surface area contributed by atoms with E-state index < -0.39 is 25.0 Å². The molecule has 1 saturated heterocycles. The van der Waals surface area contributed by atoms with Crippen LogP contribution in [0.4, 0.5) is 5.69 Å². The van der Waals surface area contributed by atoms with Crippen molar-refractivity contribution in [2.24, 2.45) is 11.8 Å². The summed E-state index contributed by atoms with van der Waals surface area (Å²) < 4.78 is 5.84. The summed E-state index contributed by atoms with van der Waals surface area (Å²) in [7, 11) is 0. The van der Waals surface area contributed by atoms with Crippen LogP contribution in [0.15, 0.2) is 22.7 Å². The molecule has 2 unspecified atom stereocenters. The first-order valence-corrected chi connectivity index (χ1v) is 9.73. The molecule has 7 nitrogen and oxygen atoms in total. The maximum absolute atomic E-state index is 12.3. The maximum atomic E-state index is 12.3. The Balaban J connectivity index is 1.50. The van der Waals surface area contributed by atoms with Gasteiger partial charge < -0.3 is 10.1 Å². The van der Waals surface area contributed by atoms with Crippen LogP contribution < -0.4 is 5.32 Å². The van der Waals surface area contributed by atoms with E-state index in [0.29, 0.717) is 18.5 Å². The van der Waals surface area contributed by atoms with E-state index in [1.807, 2.05) is 13.0 Å². The van der Waals surface area contributed by atoms with Gasteiger partial charge in [-0.2, -0.15) is 0 Å². The number of aryl methyl sites for hydroxylation is 1. The minimum atomic E-state index is -0.766. The van der Waals surface area contributed by atoms with Crippen molar-refractivity contribution in [2.75, 3.05) is 18.5 Å². The van der Waals surface area contributed by atoms with Gasteiger partial charge in [0.1, 0.15) is 6.54 Å². The lowest BCUT2D eigenvalue weighted by Gasteiger charge is -2.19. The molecule has 1 saturated carbocycles. The van der Waals surface area contributed by atoms with Crippen LogP contribution >= 0.6 is 15.9 Å². The Hall–Kier alpha value is -2.22. The predicted molar refractivity (Wildman–Crippen MR) is 101 cm³/mol. The Morgan fingerprint density at radius 1 is 1.19 bits per heavy atom. The van der Waals surface area contributed by atoms with E-state index in [4.69, 9.17) is 4.74 Å². The second-order valence-corrected chi connectivity index (χ2v) is 7.84. The normalized spacial score (nSPS) is 21.8. The lowest BCUT2D eigenvalue weighted by Crippen LogP contribution is -2.37. The molecule has 1 heterocycles. The highest BCUT2D eigenvalue weighted by Crippen LogP contribution is 2.37. The molecule has 2 fully saturated rings. The Morgan fingerprint density at radius 2 is 1.81 bits per heavy atom. The molecule has 3 amide bonds. The van der Waals surface area contributed by atoms with Gasteiger partial charge in [0.05, 0.1) is 11.8 Å². The average Bonchev–Trinajstić information content (AvgIpc) is 2.88. The zero-order chi connectivity index (χ0) is 19.6. The minimum absolute atomic E-state index is 0.295. The van der Waals surface area contributed by atoms with Crippen molar-refractivity contribution < 1.29 is 23.9 Å². The number of anilines is 1. The monoisotopic (exact) mass is 436 g/mol. The molecule has 1 aliphatic carbocycles. The van der Waals surface area contributed by atoms with Crippen molar-refractivity contribution in [1.29, 1.82) is 0 Å². The third-order valence-electron chi connectivity index (χ3n) is 5.05. The zero-order valence-corrected chi connectivity index (χ0v) is 16.6. The fourth-order valence-corrected chi connectivity index (χ4v) is 4.14. The summed E-state index contributed by atoms with van der Waals surface area (Å²) in [6, 6.07) is 5.38. The van der Waals surface area contributed by atoms with E-state index in [2.05, 4.69) is 21.2 Å². The van der Waals surface area contributed by atoms with Gasteiger partial charge in [-0.1, -0.05) is 28.8 Å². The van der Waals surface area contributed by atoms with Gasteiger partial charge in [-0.3, -0.25) is 24.1 Å². The fraction of sp³-hybridized carbons (Fsp3) is 0.474. The fourth-order valence-electron chi connectivity index (χ4n) is 3.66. The van der Waals surface area contributed by atoms with E-state index in [1.54, 1.807) is 12.1 Å². The first kappa shape index (κ1) is 19.5. The van der Waals surface area contributed by atoms with Gasteiger partial charge in [0, 0.05) is 10.2 Å². The summed E-state index contributed by atoms with van der Waals surface area (Å²) in [6.45, 7) is 0.934. The molecule has 1 aliphatic heterocycles. The molecule has 0 radical (unpaired) electrons. The number of carbonyl (C=O) groups excluding carboxylic acids is 4. The van der Waals surface area contributed by atoms with Gasteiger partial charge in [0.15, 0.2) is 6.61 Å². The number of ether oxygens (including phenoxy) is 1. The second kappa shape index (κ2) is 8.21. The number of esters is 1. The molecule has 2 aliphatic rings. The quantitative estimate of drug-likeness (QED) is 0.564. The Morgan fingerprint density at radius 3 is 2.41 bits per heavy atom. The topological polar surface area (TPSA) is 92.8 Å². The maximum Gasteiger partial charge on any atom is 0.326 e. The number of hydrogen-bond donors (Lipinski definition) is 1. The number of carbonyl (C=O) groups is 4. The van der Waals surface area contributed by atoms with Crippen molar-refractivity contribution in [3.63, 3.8) is 0 Å². The van der Waals surface area contributed by atoms with E-state index in [9.17, 15) is 19.2 Å². The molecule has 8 heteroatoms. The molecule has 1 N–H and O–H groups in total. The van der Waals surface area contributed by atoms with Crippen molar-refractivity contribution in [3.05, 3.63) is 28.2 Å². The Kier molecular flexibility index (Phi) is 5.94. The number of imide groups is 1. The molecule has 0 bridgehead atoms. The van der Waals surface area contributed by atoms with Crippen LogP contribution in [0.3, 0.4) is 0 Å². The van der Waals surface area contributed by atoms with Crippen LogP contribution in [-0.4, -0.2) is 41.7 Å². The molecular weight excluding hydrogens is 416 g/mol. The largest absolute Gasteiger partial charge is 0.454 e. The van der Waals surface area contributed by atoms with E-state index in [1.165, 1.54) is 0 Å².